The summed E-state index contributed by atoms with van der Waals surface area (Å²) in [6.45, 7) is 8.67. The van der Waals surface area contributed by atoms with Crippen LogP contribution in [0.2, 0.25) is 0 Å². The van der Waals surface area contributed by atoms with E-state index in [0.717, 1.165) is 6.42 Å². The number of aliphatic hydroxyl groups is 1. The van der Waals surface area contributed by atoms with Crippen molar-refractivity contribution in [3.05, 3.63) is 34.9 Å². The molecule has 0 fully saturated rings. The van der Waals surface area contributed by atoms with Crippen LogP contribution in [0.15, 0.2) is 18.2 Å². The highest BCUT2D eigenvalue weighted by Crippen LogP contribution is 2.19. The molecule has 1 aromatic rings. The Labute approximate surface area is 110 Å². The zero-order chi connectivity index (χ0) is 13.7. The number of aryl methyl sites for hydroxylation is 2. The molecule has 0 aliphatic carbocycles. The fourth-order valence-corrected chi connectivity index (χ4v) is 2.42. The van der Waals surface area contributed by atoms with Gasteiger partial charge in [0.25, 0.3) is 0 Å². The molecule has 0 aliphatic heterocycles. The Bertz CT molecular complexity index is 377. The number of benzene rings is 1. The summed E-state index contributed by atoms with van der Waals surface area (Å²) in [7, 11) is 0. The van der Waals surface area contributed by atoms with Gasteiger partial charge in [0.1, 0.15) is 0 Å². The second-order valence-electron chi connectivity index (χ2n) is 5.30. The van der Waals surface area contributed by atoms with E-state index in [2.05, 4.69) is 44.3 Å². The highest BCUT2D eigenvalue weighted by atomic mass is 16.3. The van der Waals surface area contributed by atoms with Crippen molar-refractivity contribution >= 4 is 0 Å². The minimum atomic E-state index is -0.287. The summed E-state index contributed by atoms with van der Waals surface area (Å²) in [5.74, 6) is 0. The van der Waals surface area contributed by atoms with Crippen molar-refractivity contribution in [2.75, 3.05) is 6.54 Å². The molecule has 0 aliphatic rings. The van der Waals surface area contributed by atoms with Crippen LogP contribution in [0.25, 0.3) is 0 Å². The Morgan fingerprint density at radius 1 is 1.28 bits per heavy atom. The van der Waals surface area contributed by atoms with Gasteiger partial charge in [0.05, 0.1) is 6.10 Å². The highest BCUT2D eigenvalue weighted by Gasteiger charge is 2.15. The van der Waals surface area contributed by atoms with E-state index in [4.69, 9.17) is 5.73 Å². The summed E-state index contributed by atoms with van der Waals surface area (Å²) in [5.41, 5.74) is 9.65. The van der Waals surface area contributed by atoms with Crippen molar-refractivity contribution in [2.45, 2.75) is 52.3 Å². The van der Waals surface area contributed by atoms with Crippen LogP contribution < -0.4 is 11.1 Å². The minimum absolute atomic E-state index is 0.152. The van der Waals surface area contributed by atoms with Crippen molar-refractivity contribution < 1.29 is 5.11 Å². The van der Waals surface area contributed by atoms with Crippen LogP contribution in [0.1, 0.15) is 43.0 Å². The van der Waals surface area contributed by atoms with Crippen LogP contribution in [0.3, 0.4) is 0 Å². The number of hydrogen-bond donors (Lipinski definition) is 3. The lowest BCUT2D eigenvalue weighted by molar-refractivity contribution is 0.168. The van der Waals surface area contributed by atoms with Crippen molar-refractivity contribution in [3.8, 4) is 0 Å². The molecule has 0 spiro atoms. The second kappa shape index (κ2) is 6.88. The SMILES string of the molecule is Cc1ccc(C(CN)NC(C)CC(C)O)c(C)c1. The summed E-state index contributed by atoms with van der Waals surface area (Å²) in [6, 6.07) is 6.84. The molecule has 3 unspecified atom stereocenters. The van der Waals surface area contributed by atoms with Crippen molar-refractivity contribution in [1.29, 1.82) is 0 Å². The second-order valence-corrected chi connectivity index (χ2v) is 5.30. The third-order valence-corrected chi connectivity index (χ3v) is 3.22. The zero-order valence-electron chi connectivity index (χ0n) is 11.9. The van der Waals surface area contributed by atoms with Gasteiger partial charge < -0.3 is 16.2 Å². The molecule has 1 aromatic carbocycles. The number of nitrogens with two attached hydrogens (primary N) is 1. The Hall–Kier alpha value is -0.900. The molecule has 3 heteroatoms. The van der Waals surface area contributed by atoms with Crippen molar-refractivity contribution in [2.24, 2.45) is 5.73 Å². The maximum Gasteiger partial charge on any atom is 0.0526 e. The standard InChI is InChI=1S/C15H26N2O/c1-10-5-6-14(11(2)7-10)15(9-16)17-12(3)8-13(4)18/h5-7,12-13,15,17-18H,8-9,16H2,1-4H3. The average molecular weight is 250 g/mol. The number of hydrogen-bond acceptors (Lipinski definition) is 3. The average Bonchev–Trinajstić information content (AvgIpc) is 2.25. The largest absolute Gasteiger partial charge is 0.393 e. The molecule has 102 valence electrons. The summed E-state index contributed by atoms with van der Waals surface area (Å²) >= 11 is 0. The van der Waals surface area contributed by atoms with Crippen LogP contribution in [0.4, 0.5) is 0 Å². The van der Waals surface area contributed by atoms with Crippen LogP contribution in [0, 0.1) is 13.8 Å². The maximum atomic E-state index is 9.40. The first-order valence-electron chi connectivity index (χ1n) is 6.65. The van der Waals surface area contributed by atoms with Crippen LogP contribution in [-0.2, 0) is 0 Å². The summed E-state index contributed by atoms with van der Waals surface area (Å²) in [4.78, 5) is 0. The Kier molecular flexibility index (Phi) is 5.79. The topological polar surface area (TPSA) is 58.3 Å². The molecule has 4 N–H and O–H groups in total. The highest BCUT2D eigenvalue weighted by molar-refractivity contribution is 5.33. The van der Waals surface area contributed by atoms with Gasteiger partial charge in [-0.2, -0.15) is 0 Å². The predicted octanol–water partition coefficient (Wildman–Crippen LogP) is 2.05. The monoisotopic (exact) mass is 250 g/mol. The first-order valence-corrected chi connectivity index (χ1v) is 6.65. The number of aliphatic hydroxyl groups excluding tert-OH is 1. The molecule has 0 bridgehead atoms. The Balaban J connectivity index is 2.76. The van der Waals surface area contributed by atoms with E-state index in [1.807, 2.05) is 6.92 Å². The molecule has 0 heterocycles. The number of nitrogens with one attached hydrogen (secondary N) is 1. The van der Waals surface area contributed by atoms with Gasteiger partial charge in [0.2, 0.25) is 0 Å². The van der Waals surface area contributed by atoms with Crippen LogP contribution >= 0.6 is 0 Å². The molecule has 0 aromatic heterocycles. The van der Waals surface area contributed by atoms with Crippen LogP contribution in [-0.4, -0.2) is 23.8 Å². The molecule has 3 atom stereocenters. The van der Waals surface area contributed by atoms with Gasteiger partial charge in [-0.1, -0.05) is 23.8 Å². The molecular weight excluding hydrogens is 224 g/mol. The van der Waals surface area contributed by atoms with Gasteiger partial charge in [0.15, 0.2) is 0 Å². The molecule has 0 saturated carbocycles. The third kappa shape index (κ3) is 4.41. The fourth-order valence-electron chi connectivity index (χ4n) is 2.42. The van der Waals surface area contributed by atoms with Gasteiger partial charge in [-0.3, -0.25) is 0 Å². The molecular formula is C15H26N2O. The summed E-state index contributed by atoms with van der Waals surface area (Å²) < 4.78 is 0. The van der Waals surface area contributed by atoms with E-state index in [0.29, 0.717) is 6.54 Å². The molecule has 0 saturated heterocycles. The van der Waals surface area contributed by atoms with Gasteiger partial charge in [-0.25, -0.2) is 0 Å². The van der Waals surface area contributed by atoms with Gasteiger partial charge in [0, 0.05) is 18.6 Å². The molecule has 0 amide bonds. The van der Waals surface area contributed by atoms with Gasteiger partial charge in [-0.15, -0.1) is 0 Å². The summed E-state index contributed by atoms with van der Waals surface area (Å²) in [6.07, 6.45) is 0.451. The lowest BCUT2D eigenvalue weighted by Crippen LogP contribution is -2.37. The van der Waals surface area contributed by atoms with E-state index in [-0.39, 0.29) is 18.2 Å². The van der Waals surface area contributed by atoms with Crippen LogP contribution in [0.5, 0.6) is 0 Å². The fraction of sp³-hybridized carbons (Fsp3) is 0.600. The Morgan fingerprint density at radius 2 is 1.94 bits per heavy atom. The molecule has 0 radical (unpaired) electrons. The van der Waals surface area contributed by atoms with Crippen molar-refractivity contribution in [1.82, 2.24) is 5.32 Å². The van der Waals surface area contributed by atoms with E-state index in [1.54, 1.807) is 0 Å². The van der Waals surface area contributed by atoms with E-state index < -0.39 is 0 Å². The van der Waals surface area contributed by atoms with Gasteiger partial charge >= 0.3 is 0 Å². The molecule has 3 nitrogen and oxygen atoms in total. The minimum Gasteiger partial charge on any atom is -0.393 e. The molecule has 18 heavy (non-hydrogen) atoms. The first-order chi connectivity index (χ1) is 8.43. The van der Waals surface area contributed by atoms with E-state index in [9.17, 15) is 5.11 Å². The van der Waals surface area contributed by atoms with E-state index >= 15 is 0 Å². The number of rotatable bonds is 6. The van der Waals surface area contributed by atoms with E-state index in [1.165, 1.54) is 16.7 Å². The molecule has 1 rings (SSSR count). The quantitative estimate of drug-likeness (QED) is 0.724. The zero-order valence-corrected chi connectivity index (χ0v) is 11.9. The van der Waals surface area contributed by atoms with Gasteiger partial charge in [-0.05, 0) is 45.2 Å². The predicted molar refractivity (Wildman–Crippen MR) is 76.6 cm³/mol. The maximum absolute atomic E-state index is 9.40. The lowest BCUT2D eigenvalue weighted by Gasteiger charge is -2.25. The third-order valence-electron chi connectivity index (χ3n) is 3.22. The lowest BCUT2D eigenvalue weighted by atomic mass is 9.98. The normalized spacial score (nSPS) is 16.3. The Morgan fingerprint density at radius 3 is 2.44 bits per heavy atom. The first kappa shape index (κ1) is 15.2. The summed E-state index contributed by atoms with van der Waals surface area (Å²) in [5, 5.41) is 12.9. The smallest absolute Gasteiger partial charge is 0.0526 e. The van der Waals surface area contributed by atoms with Crippen molar-refractivity contribution in [3.63, 3.8) is 0 Å².